The van der Waals surface area contributed by atoms with Gasteiger partial charge in [0.25, 0.3) is 5.56 Å². The summed E-state index contributed by atoms with van der Waals surface area (Å²) in [5.74, 6) is -0.0479. The maximum absolute atomic E-state index is 13.7. The minimum atomic E-state index is -0.329. The van der Waals surface area contributed by atoms with Gasteiger partial charge in [0.1, 0.15) is 5.82 Å². The van der Waals surface area contributed by atoms with Crippen molar-refractivity contribution in [2.24, 2.45) is 0 Å². The fourth-order valence-corrected chi connectivity index (χ4v) is 3.51. The maximum Gasteiger partial charge on any atom is 0.256 e. The van der Waals surface area contributed by atoms with Crippen molar-refractivity contribution in [1.29, 1.82) is 0 Å². The molecule has 0 amide bonds. The number of para-hydroxylation sites is 1. The molecule has 0 atom stereocenters. The number of aryl methyl sites for hydroxylation is 2. The number of halogens is 1. The van der Waals surface area contributed by atoms with Crippen molar-refractivity contribution in [2.75, 3.05) is 18.5 Å². The summed E-state index contributed by atoms with van der Waals surface area (Å²) < 4.78 is 15.2. The van der Waals surface area contributed by atoms with E-state index in [9.17, 15) is 14.3 Å². The third-order valence-electron chi connectivity index (χ3n) is 4.95. The molecule has 2 heterocycles. The van der Waals surface area contributed by atoms with Crippen molar-refractivity contribution in [3.63, 3.8) is 0 Å². The van der Waals surface area contributed by atoms with E-state index in [1.165, 1.54) is 18.2 Å². The Morgan fingerprint density at radius 1 is 1.03 bits per heavy atom. The first-order valence-electron chi connectivity index (χ1n) is 9.60. The number of aromatic nitrogens is 3. The number of nitrogens with zero attached hydrogens (tertiary/aromatic N) is 3. The van der Waals surface area contributed by atoms with Crippen LogP contribution in [0.2, 0.25) is 0 Å². The van der Waals surface area contributed by atoms with Crippen molar-refractivity contribution >= 4 is 17.0 Å². The molecule has 6 nitrogen and oxygen atoms in total. The summed E-state index contributed by atoms with van der Waals surface area (Å²) in [5, 5.41) is 12.8. The molecule has 0 saturated carbocycles. The summed E-state index contributed by atoms with van der Waals surface area (Å²) in [6, 6.07) is 15.2. The molecule has 2 aromatic carbocycles. The van der Waals surface area contributed by atoms with E-state index in [0.717, 1.165) is 22.4 Å². The quantitative estimate of drug-likeness (QED) is 0.531. The van der Waals surface area contributed by atoms with Crippen LogP contribution in [0.15, 0.2) is 59.4 Å². The van der Waals surface area contributed by atoms with Crippen LogP contribution < -0.4 is 10.9 Å². The van der Waals surface area contributed by atoms with Gasteiger partial charge in [0.05, 0.1) is 18.0 Å². The summed E-state index contributed by atoms with van der Waals surface area (Å²) in [6.07, 6.45) is 0. The highest BCUT2D eigenvalue weighted by atomic mass is 19.1. The molecule has 7 heteroatoms. The molecule has 0 aliphatic rings. The van der Waals surface area contributed by atoms with Crippen LogP contribution in [-0.4, -0.2) is 32.8 Å². The van der Waals surface area contributed by atoms with Gasteiger partial charge in [0, 0.05) is 23.6 Å². The van der Waals surface area contributed by atoms with E-state index < -0.39 is 0 Å². The Morgan fingerprint density at radius 2 is 1.83 bits per heavy atom. The Kier molecular flexibility index (Phi) is 5.29. The number of hydrogen-bond donors (Lipinski definition) is 2. The Bertz CT molecular complexity index is 1300. The zero-order chi connectivity index (χ0) is 21.3. The van der Waals surface area contributed by atoms with Crippen LogP contribution in [0.3, 0.4) is 0 Å². The first-order chi connectivity index (χ1) is 14.5. The lowest BCUT2D eigenvalue weighted by molar-refractivity contribution is 0.311. The molecule has 0 saturated heterocycles. The summed E-state index contributed by atoms with van der Waals surface area (Å²) >= 11 is 0. The number of nitrogens with one attached hydrogen (secondary N) is 1. The normalized spacial score (nSPS) is 11.1. The number of aliphatic hydroxyl groups excluding tert-OH is 1. The molecule has 30 heavy (non-hydrogen) atoms. The van der Waals surface area contributed by atoms with Crippen LogP contribution in [0, 0.1) is 19.7 Å². The van der Waals surface area contributed by atoms with E-state index in [0.29, 0.717) is 16.7 Å². The Balaban J connectivity index is 2.09. The number of benzene rings is 2. The molecule has 2 N–H and O–H groups in total. The van der Waals surface area contributed by atoms with Crippen LogP contribution in [0.5, 0.6) is 0 Å². The monoisotopic (exact) mass is 404 g/mol. The topological polar surface area (TPSA) is 80.0 Å². The number of hydrogen-bond acceptors (Lipinski definition) is 5. The molecule has 0 aliphatic carbocycles. The predicted molar refractivity (Wildman–Crippen MR) is 116 cm³/mol. The number of rotatable bonds is 5. The Hall–Kier alpha value is -3.58. The van der Waals surface area contributed by atoms with Crippen molar-refractivity contribution < 1.29 is 9.50 Å². The fraction of sp³-hybridized carbons (Fsp3) is 0.174. The minimum Gasteiger partial charge on any atom is -0.395 e. The third-order valence-corrected chi connectivity index (χ3v) is 4.95. The van der Waals surface area contributed by atoms with E-state index in [1.54, 1.807) is 16.7 Å². The highest BCUT2D eigenvalue weighted by molar-refractivity contribution is 5.93. The van der Waals surface area contributed by atoms with Gasteiger partial charge in [-0.05, 0) is 55.3 Å². The smallest absolute Gasteiger partial charge is 0.256 e. The van der Waals surface area contributed by atoms with E-state index in [-0.39, 0.29) is 30.5 Å². The van der Waals surface area contributed by atoms with E-state index in [2.05, 4.69) is 15.3 Å². The number of pyridine rings is 1. The zero-order valence-electron chi connectivity index (χ0n) is 16.7. The summed E-state index contributed by atoms with van der Waals surface area (Å²) in [7, 11) is 0. The summed E-state index contributed by atoms with van der Waals surface area (Å²) in [5.41, 5.74) is 3.91. The predicted octanol–water partition coefficient (Wildman–Crippen LogP) is 3.61. The minimum absolute atomic E-state index is 0.0916. The molecule has 0 aliphatic heterocycles. The number of fused-ring (bicyclic) bond motifs is 1. The van der Waals surface area contributed by atoms with Gasteiger partial charge in [-0.25, -0.2) is 9.37 Å². The Labute approximate surface area is 172 Å². The molecule has 4 rings (SSSR count). The molecule has 0 spiro atoms. The van der Waals surface area contributed by atoms with Crippen molar-refractivity contribution in [1.82, 2.24) is 14.5 Å². The SMILES string of the molecule is Cc1cc(F)ccc1-c1nc(NCCO)nc2c1ccc(=O)n2-c1ccccc1C. The number of aliphatic hydroxyl groups is 1. The van der Waals surface area contributed by atoms with Gasteiger partial charge in [0.2, 0.25) is 5.95 Å². The first-order valence-corrected chi connectivity index (χ1v) is 9.60. The number of anilines is 1. The molecular formula is C23H21FN4O2. The standard InChI is InChI=1S/C23H21FN4O2/c1-14-5-3-4-6-19(14)28-20(30)10-9-18-21(17-8-7-16(24)13-15(17)2)26-23(25-11-12-29)27-22(18)28/h3-10,13,29H,11-12H2,1-2H3,(H,25,26,27). The maximum atomic E-state index is 13.7. The third kappa shape index (κ3) is 3.55. The molecule has 0 unspecified atom stereocenters. The van der Waals surface area contributed by atoms with Gasteiger partial charge >= 0.3 is 0 Å². The van der Waals surface area contributed by atoms with Gasteiger partial charge in [-0.1, -0.05) is 18.2 Å². The highest BCUT2D eigenvalue weighted by Crippen LogP contribution is 2.30. The van der Waals surface area contributed by atoms with E-state index >= 15 is 0 Å². The van der Waals surface area contributed by atoms with Crippen LogP contribution in [-0.2, 0) is 0 Å². The Morgan fingerprint density at radius 3 is 2.57 bits per heavy atom. The van der Waals surface area contributed by atoms with Crippen molar-refractivity contribution in [2.45, 2.75) is 13.8 Å². The van der Waals surface area contributed by atoms with Crippen LogP contribution in [0.1, 0.15) is 11.1 Å². The summed E-state index contributed by atoms with van der Waals surface area (Å²) in [4.78, 5) is 22.1. The molecular weight excluding hydrogens is 383 g/mol. The molecule has 0 fully saturated rings. The van der Waals surface area contributed by atoms with Gasteiger partial charge in [-0.2, -0.15) is 4.98 Å². The largest absolute Gasteiger partial charge is 0.395 e. The molecule has 2 aromatic heterocycles. The summed E-state index contributed by atoms with van der Waals surface area (Å²) in [6.45, 7) is 3.91. The van der Waals surface area contributed by atoms with E-state index in [1.807, 2.05) is 38.1 Å². The van der Waals surface area contributed by atoms with Crippen molar-refractivity contribution in [3.8, 4) is 16.9 Å². The molecule has 0 bridgehead atoms. The zero-order valence-corrected chi connectivity index (χ0v) is 16.7. The van der Waals surface area contributed by atoms with Crippen molar-refractivity contribution in [3.05, 3.63) is 81.9 Å². The average molecular weight is 404 g/mol. The molecule has 152 valence electrons. The van der Waals surface area contributed by atoms with Gasteiger partial charge in [-0.3, -0.25) is 9.36 Å². The second kappa shape index (κ2) is 8.04. The average Bonchev–Trinajstić information content (AvgIpc) is 2.72. The molecule has 0 radical (unpaired) electrons. The van der Waals surface area contributed by atoms with E-state index in [4.69, 9.17) is 0 Å². The van der Waals surface area contributed by atoms with Crippen LogP contribution >= 0.6 is 0 Å². The van der Waals surface area contributed by atoms with Gasteiger partial charge in [-0.15, -0.1) is 0 Å². The molecule has 4 aromatic rings. The second-order valence-electron chi connectivity index (χ2n) is 7.04. The lowest BCUT2D eigenvalue weighted by atomic mass is 10.0. The van der Waals surface area contributed by atoms with Crippen LogP contribution in [0.4, 0.5) is 10.3 Å². The lowest BCUT2D eigenvalue weighted by Crippen LogP contribution is -2.20. The lowest BCUT2D eigenvalue weighted by Gasteiger charge is -2.16. The van der Waals surface area contributed by atoms with Crippen LogP contribution in [0.25, 0.3) is 28.0 Å². The van der Waals surface area contributed by atoms with Gasteiger partial charge < -0.3 is 10.4 Å². The van der Waals surface area contributed by atoms with Gasteiger partial charge in [0.15, 0.2) is 5.65 Å². The highest BCUT2D eigenvalue weighted by Gasteiger charge is 2.17. The fourth-order valence-electron chi connectivity index (χ4n) is 3.51. The first kappa shape index (κ1) is 19.7. The second-order valence-corrected chi connectivity index (χ2v) is 7.04.